The summed E-state index contributed by atoms with van der Waals surface area (Å²) in [5, 5.41) is 5.15. The smallest absolute Gasteiger partial charge is 0.238 e. The molecule has 138 valence electrons. The van der Waals surface area contributed by atoms with Crippen molar-refractivity contribution in [3.63, 3.8) is 0 Å². The highest BCUT2D eigenvalue weighted by Gasteiger charge is 2.30. The Morgan fingerprint density at radius 3 is 2.67 bits per heavy atom. The first kappa shape index (κ1) is 17.8. The number of carbonyl (C=O) groups is 1. The number of rotatable bonds is 5. The molecule has 1 N–H and O–H groups in total. The van der Waals surface area contributed by atoms with E-state index in [1.807, 2.05) is 41.7 Å². The molecule has 5 heteroatoms. The van der Waals surface area contributed by atoms with E-state index < -0.39 is 0 Å². The molecular weight excluding hydrogens is 356 g/mol. The number of ether oxygens (including phenoxy) is 1. The van der Waals surface area contributed by atoms with Crippen LogP contribution in [0.3, 0.4) is 0 Å². The van der Waals surface area contributed by atoms with Crippen LogP contribution < -0.4 is 10.1 Å². The SMILES string of the molecule is COc1ccc(NC(=O)CN2CCc3sccc3[C@@H]2c2ccccc2)cc1. The molecule has 0 unspecified atom stereocenters. The number of fused-ring (bicyclic) bond motifs is 1. The number of thiophene rings is 1. The molecule has 2 heterocycles. The molecule has 1 aliphatic heterocycles. The number of anilines is 1. The average Bonchev–Trinajstić information content (AvgIpc) is 3.18. The molecule has 4 rings (SSSR count). The Hall–Kier alpha value is -2.63. The Kier molecular flexibility index (Phi) is 5.23. The average molecular weight is 378 g/mol. The van der Waals surface area contributed by atoms with Crippen molar-refractivity contribution in [1.29, 1.82) is 0 Å². The van der Waals surface area contributed by atoms with E-state index in [9.17, 15) is 4.79 Å². The fourth-order valence-corrected chi connectivity index (χ4v) is 4.53. The number of hydrogen-bond acceptors (Lipinski definition) is 4. The minimum atomic E-state index is -0.000206. The Labute approximate surface area is 163 Å². The van der Waals surface area contributed by atoms with Gasteiger partial charge in [0.15, 0.2) is 0 Å². The first-order valence-corrected chi connectivity index (χ1v) is 9.92. The molecular formula is C22H22N2O2S. The first-order valence-electron chi connectivity index (χ1n) is 9.04. The second kappa shape index (κ2) is 7.94. The lowest BCUT2D eigenvalue weighted by atomic mass is 9.93. The maximum absolute atomic E-state index is 12.7. The second-order valence-corrected chi connectivity index (χ2v) is 7.61. The number of amides is 1. The van der Waals surface area contributed by atoms with Crippen LogP contribution in [-0.2, 0) is 11.2 Å². The number of nitrogens with zero attached hydrogens (tertiary/aromatic N) is 1. The van der Waals surface area contributed by atoms with E-state index in [0.717, 1.165) is 24.4 Å². The molecule has 0 fully saturated rings. The first-order chi connectivity index (χ1) is 13.2. The molecule has 0 saturated heterocycles. The summed E-state index contributed by atoms with van der Waals surface area (Å²) in [4.78, 5) is 16.4. The Balaban J connectivity index is 1.52. The van der Waals surface area contributed by atoms with E-state index in [1.165, 1.54) is 16.0 Å². The van der Waals surface area contributed by atoms with Crippen molar-refractivity contribution in [2.24, 2.45) is 0 Å². The lowest BCUT2D eigenvalue weighted by Crippen LogP contribution is -2.40. The molecule has 3 aromatic rings. The summed E-state index contributed by atoms with van der Waals surface area (Å²) in [6.07, 6.45) is 0.992. The molecule has 0 aliphatic carbocycles. The van der Waals surface area contributed by atoms with E-state index in [0.29, 0.717) is 6.54 Å². The van der Waals surface area contributed by atoms with Gasteiger partial charge in [0.05, 0.1) is 19.7 Å². The lowest BCUT2D eigenvalue weighted by molar-refractivity contribution is -0.117. The zero-order valence-corrected chi connectivity index (χ0v) is 16.0. The van der Waals surface area contributed by atoms with Gasteiger partial charge in [0.2, 0.25) is 5.91 Å². The molecule has 27 heavy (non-hydrogen) atoms. The topological polar surface area (TPSA) is 41.6 Å². The van der Waals surface area contributed by atoms with E-state index in [1.54, 1.807) is 7.11 Å². The van der Waals surface area contributed by atoms with Gasteiger partial charge in [0.1, 0.15) is 5.75 Å². The van der Waals surface area contributed by atoms with Crippen molar-refractivity contribution in [3.8, 4) is 5.75 Å². The highest BCUT2D eigenvalue weighted by molar-refractivity contribution is 7.10. The van der Waals surface area contributed by atoms with Crippen LogP contribution in [0.4, 0.5) is 5.69 Å². The van der Waals surface area contributed by atoms with Crippen LogP contribution in [-0.4, -0.2) is 31.0 Å². The Morgan fingerprint density at radius 2 is 1.93 bits per heavy atom. The fourth-order valence-electron chi connectivity index (χ4n) is 3.62. The third-order valence-electron chi connectivity index (χ3n) is 4.90. The van der Waals surface area contributed by atoms with Gasteiger partial charge in [0, 0.05) is 17.1 Å². The summed E-state index contributed by atoms with van der Waals surface area (Å²) in [5.41, 5.74) is 3.34. The molecule has 1 aromatic heterocycles. The van der Waals surface area contributed by atoms with Gasteiger partial charge in [-0.25, -0.2) is 0 Å². The minimum absolute atomic E-state index is 0.000206. The van der Waals surface area contributed by atoms with Crippen LogP contribution in [0.25, 0.3) is 0 Å². The normalized spacial score (nSPS) is 16.6. The standard InChI is InChI=1S/C22H22N2O2S/c1-26-18-9-7-17(8-10-18)23-21(25)15-24-13-11-20-19(12-14-27-20)22(24)16-5-3-2-4-6-16/h2-10,12,14,22H,11,13,15H2,1H3,(H,23,25)/t22-/m0/s1. The van der Waals surface area contributed by atoms with Crippen molar-refractivity contribution in [3.05, 3.63) is 82.0 Å². The number of carbonyl (C=O) groups excluding carboxylic acids is 1. The zero-order chi connectivity index (χ0) is 18.6. The predicted octanol–water partition coefficient (Wildman–Crippen LogP) is 4.34. The van der Waals surface area contributed by atoms with Crippen molar-refractivity contribution in [2.45, 2.75) is 12.5 Å². The summed E-state index contributed by atoms with van der Waals surface area (Å²) in [6, 6.07) is 20.2. The van der Waals surface area contributed by atoms with Crippen LogP contribution in [0.5, 0.6) is 5.75 Å². The number of nitrogens with one attached hydrogen (secondary N) is 1. The quantitative estimate of drug-likeness (QED) is 0.718. The summed E-state index contributed by atoms with van der Waals surface area (Å²) < 4.78 is 5.16. The second-order valence-electron chi connectivity index (χ2n) is 6.61. The Morgan fingerprint density at radius 1 is 1.15 bits per heavy atom. The number of hydrogen-bond donors (Lipinski definition) is 1. The Bertz CT molecular complexity index is 906. The van der Waals surface area contributed by atoms with Crippen molar-refractivity contribution >= 4 is 22.9 Å². The number of methoxy groups -OCH3 is 1. The van der Waals surface area contributed by atoms with Crippen LogP contribution >= 0.6 is 11.3 Å². The summed E-state index contributed by atoms with van der Waals surface area (Å²) in [7, 11) is 1.63. The van der Waals surface area contributed by atoms with E-state index >= 15 is 0 Å². The van der Waals surface area contributed by atoms with Crippen LogP contribution in [0, 0.1) is 0 Å². The van der Waals surface area contributed by atoms with Gasteiger partial charge in [-0.1, -0.05) is 30.3 Å². The molecule has 1 atom stereocenters. The predicted molar refractivity (Wildman–Crippen MR) is 110 cm³/mol. The molecule has 2 aromatic carbocycles. The van der Waals surface area contributed by atoms with Crippen molar-refractivity contribution < 1.29 is 9.53 Å². The van der Waals surface area contributed by atoms with E-state index in [-0.39, 0.29) is 11.9 Å². The van der Waals surface area contributed by atoms with Crippen LogP contribution in [0.15, 0.2) is 66.0 Å². The summed E-state index contributed by atoms with van der Waals surface area (Å²) in [5.74, 6) is 0.776. The minimum Gasteiger partial charge on any atom is -0.497 e. The van der Waals surface area contributed by atoms with E-state index in [4.69, 9.17) is 4.74 Å². The van der Waals surface area contributed by atoms with Crippen molar-refractivity contribution in [2.75, 3.05) is 25.5 Å². The van der Waals surface area contributed by atoms with Crippen LogP contribution in [0.1, 0.15) is 22.0 Å². The molecule has 0 bridgehead atoms. The van der Waals surface area contributed by atoms with E-state index in [2.05, 4.69) is 45.9 Å². The highest BCUT2D eigenvalue weighted by atomic mass is 32.1. The van der Waals surface area contributed by atoms with Gasteiger partial charge in [-0.15, -0.1) is 11.3 Å². The van der Waals surface area contributed by atoms with Gasteiger partial charge in [-0.2, -0.15) is 0 Å². The van der Waals surface area contributed by atoms with Crippen LogP contribution in [0.2, 0.25) is 0 Å². The van der Waals surface area contributed by atoms with Gasteiger partial charge in [0.25, 0.3) is 0 Å². The molecule has 1 aliphatic rings. The largest absolute Gasteiger partial charge is 0.497 e. The molecule has 0 saturated carbocycles. The molecule has 1 amide bonds. The zero-order valence-electron chi connectivity index (χ0n) is 15.2. The van der Waals surface area contributed by atoms with Gasteiger partial charge >= 0.3 is 0 Å². The third kappa shape index (κ3) is 3.89. The summed E-state index contributed by atoms with van der Waals surface area (Å²) >= 11 is 1.81. The monoisotopic (exact) mass is 378 g/mol. The number of benzene rings is 2. The fraction of sp³-hybridized carbons (Fsp3) is 0.227. The summed E-state index contributed by atoms with van der Waals surface area (Å²) in [6.45, 7) is 1.24. The molecule has 0 radical (unpaired) electrons. The molecule has 0 spiro atoms. The highest BCUT2D eigenvalue weighted by Crippen LogP contribution is 2.37. The molecule has 4 nitrogen and oxygen atoms in total. The van der Waals surface area contributed by atoms with Gasteiger partial charge in [-0.05, 0) is 53.3 Å². The maximum atomic E-state index is 12.7. The third-order valence-corrected chi connectivity index (χ3v) is 5.90. The lowest BCUT2D eigenvalue weighted by Gasteiger charge is -2.35. The van der Waals surface area contributed by atoms with Gasteiger partial charge in [-0.3, -0.25) is 9.69 Å². The van der Waals surface area contributed by atoms with Crippen molar-refractivity contribution in [1.82, 2.24) is 4.90 Å². The van der Waals surface area contributed by atoms with Gasteiger partial charge < -0.3 is 10.1 Å². The maximum Gasteiger partial charge on any atom is 0.238 e.